The minimum atomic E-state index is -1.06. The van der Waals surface area contributed by atoms with E-state index in [1.807, 2.05) is 42.5 Å². The van der Waals surface area contributed by atoms with Crippen LogP contribution in [0.15, 0.2) is 54.6 Å². The molecule has 0 saturated carbocycles. The van der Waals surface area contributed by atoms with Crippen LogP contribution >= 0.6 is 24.8 Å². The van der Waals surface area contributed by atoms with Crippen molar-refractivity contribution in [2.45, 2.75) is 44.7 Å². The average Bonchev–Trinajstić information content (AvgIpc) is 2.92. The number of hydrogen-bond acceptors (Lipinski definition) is 3. The predicted molar refractivity (Wildman–Crippen MR) is 121 cm³/mol. The fraction of sp³-hybridized carbons (Fsp3) is 0.409. The highest BCUT2D eigenvalue weighted by Gasteiger charge is 2.30. The van der Waals surface area contributed by atoms with Crippen molar-refractivity contribution >= 4 is 36.4 Å². The highest BCUT2D eigenvalue weighted by molar-refractivity contribution is 5.98. The Kier molecular flexibility index (Phi) is 9.97. The SMILES string of the molecule is CC(N)(C(=O)Nc1ccc(CN2CCCCCC2)cc1)c1ccccc1.Cl.Cl. The Morgan fingerprint density at radius 3 is 2.11 bits per heavy atom. The summed E-state index contributed by atoms with van der Waals surface area (Å²) in [6.45, 7) is 5.08. The monoisotopic (exact) mass is 423 g/mol. The number of nitrogens with one attached hydrogen (secondary N) is 1. The van der Waals surface area contributed by atoms with Crippen molar-refractivity contribution in [3.05, 3.63) is 65.7 Å². The van der Waals surface area contributed by atoms with Crippen molar-refractivity contribution in [3.8, 4) is 0 Å². The van der Waals surface area contributed by atoms with Crippen LogP contribution in [0, 0.1) is 0 Å². The van der Waals surface area contributed by atoms with Crippen LogP contribution in [0.4, 0.5) is 5.69 Å². The number of benzene rings is 2. The lowest BCUT2D eigenvalue weighted by Gasteiger charge is -2.24. The molecule has 2 aromatic carbocycles. The third kappa shape index (κ3) is 6.49. The van der Waals surface area contributed by atoms with Crippen molar-refractivity contribution < 1.29 is 4.79 Å². The number of carbonyl (C=O) groups excluding carboxylic acids is 1. The third-order valence-corrected chi connectivity index (χ3v) is 5.16. The lowest BCUT2D eigenvalue weighted by Crippen LogP contribution is -2.45. The Bertz CT molecular complexity index is 712. The molecule has 1 fully saturated rings. The zero-order valence-electron chi connectivity index (χ0n) is 16.4. The smallest absolute Gasteiger partial charge is 0.248 e. The molecular formula is C22H31Cl2N3O. The van der Waals surface area contributed by atoms with Gasteiger partial charge >= 0.3 is 0 Å². The molecule has 0 spiro atoms. The molecule has 0 radical (unpaired) electrons. The average molecular weight is 424 g/mol. The molecule has 0 aliphatic carbocycles. The van der Waals surface area contributed by atoms with E-state index in [2.05, 4.69) is 22.3 Å². The highest BCUT2D eigenvalue weighted by Crippen LogP contribution is 2.21. The lowest BCUT2D eigenvalue weighted by molar-refractivity contribution is -0.120. The second-order valence-corrected chi connectivity index (χ2v) is 7.41. The molecule has 1 aliphatic rings. The van der Waals surface area contributed by atoms with Crippen LogP contribution in [-0.2, 0) is 16.9 Å². The summed E-state index contributed by atoms with van der Waals surface area (Å²) in [5.41, 5.74) is 8.08. The van der Waals surface area contributed by atoms with Crippen molar-refractivity contribution in [1.29, 1.82) is 0 Å². The fourth-order valence-electron chi connectivity index (χ4n) is 3.42. The molecule has 3 N–H and O–H groups in total. The van der Waals surface area contributed by atoms with E-state index in [-0.39, 0.29) is 30.7 Å². The van der Waals surface area contributed by atoms with Crippen LogP contribution in [-0.4, -0.2) is 23.9 Å². The quantitative estimate of drug-likeness (QED) is 0.730. The van der Waals surface area contributed by atoms with Gasteiger partial charge in [0.2, 0.25) is 5.91 Å². The third-order valence-electron chi connectivity index (χ3n) is 5.16. The molecule has 154 valence electrons. The van der Waals surface area contributed by atoms with E-state index < -0.39 is 5.54 Å². The Balaban J connectivity index is 0.00000196. The van der Waals surface area contributed by atoms with Gasteiger partial charge in [0.25, 0.3) is 0 Å². The molecular weight excluding hydrogens is 393 g/mol. The maximum Gasteiger partial charge on any atom is 0.248 e. The van der Waals surface area contributed by atoms with Crippen LogP contribution < -0.4 is 11.1 Å². The van der Waals surface area contributed by atoms with Gasteiger partial charge in [-0.05, 0) is 56.1 Å². The van der Waals surface area contributed by atoms with Crippen LogP contribution in [0.3, 0.4) is 0 Å². The summed E-state index contributed by atoms with van der Waals surface area (Å²) in [7, 11) is 0. The van der Waals surface area contributed by atoms with E-state index in [1.54, 1.807) is 6.92 Å². The highest BCUT2D eigenvalue weighted by atomic mass is 35.5. The van der Waals surface area contributed by atoms with Crippen molar-refractivity contribution in [3.63, 3.8) is 0 Å². The molecule has 0 bridgehead atoms. The predicted octanol–water partition coefficient (Wildman–Crippen LogP) is 4.72. The molecule has 2 aromatic rings. The molecule has 1 unspecified atom stereocenters. The van der Waals surface area contributed by atoms with E-state index in [9.17, 15) is 4.79 Å². The first-order valence-corrected chi connectivity index (χ1v) is 9.53. The Morgan fingerprint density at radius 1 is 0.964 bits per heavy atom. The molecule has 1 aliphatic heterocycles. The number of halogens is 2. The first-order chi connectivity index (χ1) is 12.6. The standard InChI is InChI=1S/C22H29N3O.2ClH/c1-22(23,19-9-5-4-6-10-19)21(26)24-20-13-11-18(12-14-20)17-25-15-7-2-3-8-16-25;;/h4-6,9-14H,2-3,7-8,15-17,23H2,1H3,(H,24,26);2*1H. The first-order valence-electron chi connectivity index (χ1n) is 9.53. The van der Waals surface area contributed by atoms with E-state index in [0.29, 0.717) is 0 Å². The Labute approximate surface area is 180 Å². The van der Waals surface area contributed by atoms with E-state index in [1.165, 1.54) is 44.3 Å². The number of nitrogens with zero attached hydrogens (tertiary/aromatic N) is 1. The second kappa shape index (κ2) is 11.4. The minimum absolute atomic E-state index is 0. The van der Waals surface area contributed by atoms with Gasteiger partial charge in [-0.1, -0.05) is 55.3 Å². The largest absolute Gasteiger partial charge is 0.324 e. The summed E-state index contributed by atoms with van der Waals surface area (Å²) in [5.74, 6) is -0.205. The van der Waals surface area contributed by atoms with Gasteiger partial charge < -0.3 is 11.1 Å². The Hall–Kier alpha value is -1.59. The molecule has 1 amide bonds. The number of hydrogen-bond donors (Lipinski definition) is 2. The molecule has 6 heteroatoms. The molecule has 3 rings (SSSR count). The molecule has 4 nitrogen and oxygen atoms in total. The summed E-state index contributed by atoms with van der Waals surface area (Å²) >= 11 is 0. The van der Waals surface area contributed by atoms with Crippen LogP contribution in [0.2, 0.25) is 0 Å². The van der Waals surface area contributed by atoms with Gasteiger partial charge in [-0.3, -0.25) is 9.69 Å². The zero-order valence-corrected chi connectivity index (χ0v) is 18.0. The first kappa shape index (κ1) is 24.4. The van der Waals surface area contributed by atoms with Gasteiger partial charge in [-0.15, -0.1) is 24.8 Å². The summed E-state index contributed by atoms with van der Waals surface area (Å²) in [6, 6.07) is 17.6. The molecule has 1 heterocycles. The number of rotatable bonds is 5. The van der Waals surface area contributed by atoms with Crippen molar-refractivity contribution in [2.75, 3.05) is 18.4 Å². The van der Waals surface area contributed by atoms with Crippen molar-refractivity contribution in [2.24, 2.45) is 5.73 Å². The van der Waals surface area contributed by atoms with Gasteiger partial charge in [0.15, 0.2) is 0 Å². The van der Waals surface area contributed by atoms with E-state index in [4.69, 9.17) is 5.73 Å². The van der Waals surface area contributed by atoms with Gasteiger partial charge in [0, 0.05) is 12.2 Å². The maximum absolute atomic E-state index is 12.6. The van der Waals surface area contributed by atoms with Crippen LogP contribution in [0.5, 0.6) is 0 Å². The summed E-state index contributed by atoms with van der Waals surface area (Å²) < 4.78 is 0. The topological polar surface area (TPSA) is 58.4 Å². The number of amides is 1. The second-order valence-electron chi connectivity index (χ2n) is 7.41. The molecule has 1 atom stereocenters. The van der Waals surface area contributed by atoms with Crippen LogP contribution in [0.1, 0.15) is 43.7 Å². The summed E-state index contributed by atoms with van der Waals surface area (Å²) in [5, 5.41) is 2.94. The number of carbonyl (C=O) groups is 1. The molecule has 1 saturated heterocycles. The summed E-state index contributed by atoms with van der Waals surface area (Å²) in [4.78, 5) is 15.2. The van der Waals surface area contributed by atoms with Crippen LogP contribution in [0.25, 0.3) is 0 Å². The lowest BCUT2D eigenvalue weighted by atomic mass is 9.92. The zero-order chi connectivity index (χ0) is 18.4. The van der Waals surface area contributed by atoms with E-state index >= 15 is 0 Å². The number of likely N-dealkylation sites (tertiary alicyclic amines) is 1. The van der Waals surface area contributed by atoms with Crippen molar-refractivity contribution in [1.82, 2.24) is 4.90 Å². The minimum Gasteiger partial charge on any atom is -0.324 e. The fourth-order valence-corrected chi connectivity index (χ4v) is 3.42. The summed E-state index contributed by atoms with van der Waals surface area (Å²) in [6.07, 6.45) is 5.28. The number of nitrogens with two attached hydrogens (primary N) is 1. The molecule has 0 aromatic heterocycles. The number of anilines is 1. The van der Waals surface area contributed by atoms with E-state index in [0.717, 1.165) is 17.8 Å². The van der Waals surface area contributed by atoms with Gasteiger partial charge in [0.1, 0.15) is 5.54 Å². The van der Waals surface area contributed by atoms with Gasteiger partial charge in [-0.25, -0.2) is 0 Å². The maximum atomic E-state index is 12.6. The van der Waals surface area contributed by atoms with Gasteiger partial charge in [0.05, 0.1) is 0 Å². The normalized spacial score (nSPS) is 16.6. The Morgan fingerprint density at radius 2 is 1.54 bits per heavy atom. The molecule has 28 heavy (non-hydrogen) atoms. The van der Waals surface area contributed by atoms with Gasteiger partial charge in [-0.2, -0.15) is 0 Å².